The summed E-state index contributed by atoms with van der Waals surface area (Å²) in [6.45, 7) is 4.49. The van der Waals surface area contributed by atoms with Crippen molar-refractivity contribution in [1.29, 1.82) is 5.26 Å². The third kappa shape index (κ3) is 5.21. The zero-order valence-corrected chi connectivity index (χ0v) is 15.0. The van der Waals surface area contributed by atoms with Crippen LogP contribution in [-0.4, -0.2) is 21.1 Å². The van der Waals surface area contributed by atoms with Gasteiger partial charge in [-0.2, -0.15) is 5.26 Å². The number of sulfonamides is 1. The Labute approximate surface area is 148 Å². The van der Waals surface area contributed by atoms with E-state index >= 15 is 0 Å². The molecule has 0 bridgehead atoms. The van der Waals surface area contributed by atoms with Crippen LogP contribution in [0.25, 0.3) is 0 Å². The molecule has 2 aromatic rings. The van der Waals surface area contributed by atoms with Crippen LogP contribution in [0.1, 0.15) is 24.5 Å². The predicted octanol–water partition coefficient (Wildman–Crippen LogP) is 2.78. The maximum absolute atomic E-state index is 11.4. The molecule has 1 atom stereocenters. The van der Waals surface area contributed by atoms with Gasteiger partial charge >= 0.3 is 0 Å². The van der Waals surface area contributed by atoms with E-state index < -0.39 is 10.0 Å². The molecular weight excluding hydrogens is 338 g/mol. The molecule has 25 heavy (non-hydrogen) atoms. The minimum atomic E-state index is -3.84. The van der Waals surface area contributed by atoms with Crippen LogP contribution in [0.3, 0.4) is 0 Å². The zero-order valence-electron chi connectivity index (χ0n) is 14.2. The van der Waals surface area contributed by atoms with Gasteiger partial charge in [0, 0.05) is 0 Å². The van der Waals surface area contributed by atoms with Crippen molar-refractivity contribution < 1.29 is 13.2 Å². The third-order valence-electron chi connectivity index (χ3n) is 3.71. The van der Waals surface area contributed by atoms with Crippen molar-refractivity contribution in [3.05, 3.63) is 53.6 Å². The first kappa shape index (κ1) is 18.8. The number of nitrogens with two attached hydrogens (primary N) is 1. The van der Waals surface area contributed by atoms with Gasteiger partial charge in [0.05, 0.1) is 22.7 Å². The number of nitrogens with one attached hydrogen (secondary N) is 1. The average Bonchev–Trinajstić information content (AvgIpc) is 2.57. The lowest BCUT2D eigenvalue weighted by Crippen LogP contribution is -2.25. The fourth-order valence-electron chi connectivity index (χ4n) is 2.32. The van der Waals surface area contributed by atoms with Gasteiger partial charge in [0.2, 0.25) is 10.0 Å². The fourth-order valence-corrected chi connectivity index (χ4v) is 2.86. The molecule has 6 nitrogen and oxygen atoms in total. The molecule has 132 valence electrons. The van der Waals surface area contributed by atoms with Crippen molar-refractivity contribution in [3.8, 4) is 11.8 Å². The monoisotopic (exact) mass is 359 g/mol. The van der Waals surface area contributed by atoms with Crippen molar-refractivity contribution in [2.24, 2.45) is 5.14 Å². The lowest BCUT2D eigenvalue weighted by Gasteiger charge is -2.19. The number of ether oxygens (including phenoxy) is 1. The highest BCUT2D eigenvalue weighted by Gasteiger charge is 2.13. The summed E-state index contributed by atoms with van der Waals surface area (Å²) in [7, 11) is -3.84. The zero-order chi connectivity index (χ0) is 18.4. The standard InChI is InChI=1S/C18H21N3O3S/c1-3-15(24-16-6-4-5-13(2)9-16)12-21-18-8-7-17(25(20,22)23)10-14(18)11-19/h4-10,15,21H,3,12H2,1-2H3,(H2,20,22,23). The van der Waals surface area contributed by atoms with Gasteiger partial charge in [-0.1, -0.05) is 19.1 Å². The summed E-state index contributed by atoms with van der Waals surface area (Å²) in [5, 5.41) is 17.5. The molecule has 0 saturated carbocycles. The van der Waals surface area contributed by atoms with Gasteiger partial charge in [0.15, 0.2) is 0 Å². The predicted molar refractivity (Wildman–Crippen MR) is 96.9 cm³/mol. The highest BCUT2D eigenvalue weighted by Crippen LogP contribution is 2.20. The summed E-state index contributed by atoms with van der Waals surface area (Å²) >= 11 is 0. The van der Waals surface area contributed by atoms with Gasteiger partial charge in [-0.15, -0.1) is 0 Å². The second-order valence-electron chi connectivity index (χ2n) is 5.71. The summed E-state index contributed by atoms with van der Waals surface area (Å²) < 4.78 is 28.7. The van der Waals surface area contributed by atoms with Crippen LogP contribution in [0, 0.1) is 18.3 Å². The first-order valence-electron chi connectivity index (χ1n) is 7.87. The van der Waals surface area contributed by atoms with Crippen molar-refractivity contribution in [2.75, 3.05) is 11.9 Å². The number of anilines is 1. The molecule has 2 aromatic carbocycles. The van der Waals surface area contributed by atoms with Crippen LogP contribution in [0.4, 0.5) is 5.69 Å². The van der Waals surface area contributed by atoms with E-state index in [0.717, 1.165) is 17.7 Å². The number of hydrogen-bond donors (Lipinski definition) is 2. The van der Waals surface area contributed by atoms with Crippen LogP contribution >= 0.6 is 0 Å². The topological polar surface area (TPSA) is 105 Å². The Kier molecular flexibility index (Phi) is 6.02. The third-order valence-corrected chi connectivity index (χ3v) is 4.62. The van der Waals surface area contributed by atoms with Crippen molar-refractivity contribution in [1.82, 2.24) is 0 Å². The van der Waals surface area contributed by atoms with Crippen LogP contribution in [0.5, 0.6) is 5.75 Å². The second kappa shape index (κ2) is 8.01. The number of aryl methyl sites for hydroxylation is 1. The van der Waals surface area contributed by atoms with E-state index in [9.17, 15) is 13.7 Å². The number of primary sulfonamides is 1. The average molecular weight is 359 g/mol. The smallest absolute Gasteiger partial charge is 0.238 e. The molecule has 7 heteroatoms. The highest BCUT2D eigenvalue weighted by atomic mass is 32.2. The Bertz CT molecular complexity index is 889. The molecule has 0 amide bonds. The normalized spacial score (nSPS) is 12.2. The Hall–Kier alpha value is -2.56. The maximum Gasteiger partial charge on any atom is 0.238 e. The molecule has 0 fully saturated rings. The van der Waals surface area contributed by atoms with E-state index in [2.05, 4.69) is 5.32 Å². The van der Waals surface area contributed by atoms with Crippen LogP contribution in [0.2, 0.25) is 0 Å². The summed E-state index contributed by atoms with van der Waals surface area (Å²) in [6, 6.07) is 14.0. The van der Waals surface area contributed by atoms with E-state index in [1.165, 1.54) is 18.2 Å². The van der Waals surface area contributed by atoms with Crippen molar-refractivity contribution >= 4 is 15.7 Å². The fraction of sp³-hybridized carbons (Fsp3) is 0.278. The van der Waals surface area contributed by atoms with E-state index in [1.54, 1.807) is 0 Å². The van der Waals surface area contributed by atoms with Gasteiger partial charge in [-0.3, -0.25) is 0 Å². The van der Waals surface area contributed by atoms with Crippen molar-refractivity contribution in [2.45, 2.75) is 31.3 Å². The first-order valence-corrected chi connectivity index (χ1v) is 9.42. The molecule has 1 unspecified atom stereocenters. The summed E-state index contributed by atoms with van der Waals surface area (Å²) in [6.07, 6.45) is 0.684. The van der Waals surface area contributed by atoms with Crippen LogP contribution < -0.4 is 15.2 Å². The minimum Gasteiger partial charge on any atom is -0.489 e. The Morgan fingerprint density at radius 3 is 2.64 bits per heavy atom. The van der Waals surface area contributed by atoms with Crippen LogP contribution in [-0.2, 0) is 10.0 Å². The van der Waals surface area contributed by atoms with E-state index in [-0.39, 0.29) is 16.6 Å². The number of hydrogen-bond acceptors (Lipinski definition) is 5. The molecule has 0 aliphatic rings. The Balaban J connectivity index is 2.10. The second-order valence-corrected chi connectivity index (χ2v) is 7.27. The largest absolute Gasteiger partial charge is 0.489 e. The number of nitrogens with zero attached hydrogens (tertiary/aromatic N) is 1. The summed E-state index contributed by atoms with van der Waals surface area (Å²) in [5.41, 5.74) is 1.88. The van der Waals surface area contributed by atoms with Gasteiger partial charge < -0.3 is 10.1 Å². The molecule has 3 N–H and O–H groups in total. The SMILES string of the molecule is CCC(CNc1ccc(S(N)(=O)=O)cc1C#N)Oc1cccc(C)c1. The number of nitriles is 1. The molecule has 0 aromatic heterocycles. The van der Waals surface area contributed by atoms with Crippen LogP contribution in [0.15, 0.2) is 47.4 Å². The Morgan fingerprint density at radius 1 is 1.28 bits per heavy atom. The molecule has 0 radical (unpaired) electrons. The quantitative estimate of drug-likeness (QED) is 0.791. The molecule has 2 rings (SSSR count). The Morgan fingerprint density at radius 2 is 2.04 bits per heavy atom. The minimum absolute atomic E-state index is 0.0855. The lowest BCUT2D eigenvalue weighted by atomic mass is 10.2. The van der Waals surface area contributed by atoms with Gasteiger partial charge in [-0.25, -0.2) is 13.6 Å². The molecule has 0 heterocycles. The lowest BCUT2D eigenvalue weighted by molar-refractivity contribution is 0.210. The maximum atomic E-state index is 11.4. The number of rotatable bonds is 7. The molecule has 0 aliphatic carbocycles. The van der Waals surface area contributed by atoms with Gasteiger partial charge in [0.1, 0.15) is 17.9 Å². The van der Waals surface area contributed by atoms with Gasteiger partial charge in [-0.05, 0) is 49.2 Å². The molecule has 0 saturated heterocycles. The molecule has 0 spiro atoms. The molecule has 0 aliphatic heterocycles. The summed E-state index contributed by atoms with van der Waals surface area (Å²) in [5.74, 6) is 0.790. The van der Waals surface area contributed by atoms with E-state index in [0.29, 0.717) is 12.2 Å². The van der Waals surface area contributed by atoms with Crippen molar-refractivity contribution in [3.63, 3.8) is 0 Å². The first-order chi connectivity index (χ1) is 11.8. The van der Waals surface area contributed by atoms with Gasteiger partial charge in [0.25, 0.3) is 0 Å². The van der Waals surface area contributed by atoms with E-state index in [4.69, 9.17) is 9.88 Å². The highest BCUT2D eigenvalue weighted by molar-refractivity contribution is 7.89. The molecular formula is C18H21N3O3S. The van der Waals surface area contributed by atoms with E-state index in [1.807, 2.05) is 44.2 Å². The number of benzene rings is 2. The summed E-state index contributed by atoms with van der Waals surface area (Å²) in [4.78, 5) is -0.0855.